The maximum absolute atomic E-state index is 12.6. The maximum atomic E-state index is 12.6. The van der Waals surface area contributed by atoms with Gasteiger partial charge in [-0.3, -0.25) is 9.80 Å². The molecule has 3 fully saturated rings. The minimum absolute atomic E-state index is 0.220. The molecule has 0 N–H and O–H groups in total. The van der Waals surface area contributed by atoms with Gasteiger partial charge in [0.1, 0.15) is 5.60 Å². The Bertz CT molecular complexity index is 1180. The standard InChI is InChI=1S/C26H28ClN3O2/c1-18-7-10-22(27)24-23(18)19(16-29(24)21-8-9-21)15-28-13-11-26(12-14-28)17-30(25(31)32-26)20-5-3-2-4-6-20/h2-7,10,16,21H,8-9,11-15,17H2,1H3. The molecule has 1 amide bonds. The summed E-state index contributed by atoms with van der Waals surface area (Å²) < 4.78 is 8.35. The van der Waals surface area contributed by atoms with Gasteiger partial charge in [-0.05, 0) is 49.1 Å². The summed E-state index contributed by atoms with van der Waals surface area (Å²) in [6.07, 6.45) is 6.32. The number of fused-ring (bicyclic) bond motifs is 1. The maximum Gasteiger partial charge on any atom is 0.415 e. The van der Waals surface area contributed by atoms with E-state index in [0.717, 1.165) is 43.2 Å². The van der Waals surface area contributed by atoms with Gasteiger partial charge in [0.05, 0.1) is 17.1 Å². The number of hydrogen-bond acceptors (Lipinski definition) is 3. The van der Waals surface area contributed by atoms with Gasteiger partial charge in [0, 0.05) is 55.8 Å². The van der Waals surface area contributed by atoms with E-state index in [2.05, 4.69) is 28.7 Å². The Balaban J connectivity index is 1.19. The van der Waals surface area contributed by atoms with Crippen LogP contribution in [0.2, 0.25) is 5.02 Å². The van der Waals surface area contributed by atoms with E-state index in [1.807, 2.05) is 36.4 Å². The average Bonchev–Trinajstić information content (AvgIpc) is 3.50. The zero-order chi connectivity index (χ0) is 21.9. The highest BCUT2D eigenvalue weighted by Gasteiger charge is 2.47. The molecule has 2 saturated heterocycles. The first kappa shape index (κ1) is 20.1. The Morgan fingerprint density at radius 2 is 1.84 bits per heavy atom. The number of amides is 1. The van der Waals surface area contributed by atoms with Crippen LogP contribution in [0.5, 0.6) is 0 Å². The molecule has 32 heavy (non-hydrogen) atoms. The zero-order valence-corrected chi connectivity index (χ0v) is 19.1. The van der Waals surface area contributed by atoms with Crippen molar-refractivity contribution in [3.05, 3.63) is 64.8 Å². The fourth-order valence-corrected chi connectivity index (χ4v) is 5.69. The normalized spacial score (nSPS) is 20.9. The molecule has 0 bridgehead atoms. The van der Waals surface area contributed by atoms with E-state index in [9.17, 15) is 4.79 Å². The number of likely N-dealkylation sites (tertiary alicyclic amines) is 1. The van der Waals surface area contributed by atoms with Gasteiger partial charge in [-0.15, -0.1) is 0 Å². The molecule has 0 radical (unpaired) electrons. The Labute approximate surface area is 193 Å². The fourth-order valence-electron chi connectivity index (χ4n) is 5.43. The van der Waals surface area contributed by atoms with Crippen molar-refractivity contribution in [2.24, 2.45) is 0 Å². The summed E-state index contributed by atoms with van der Waals surface area (Å²) in [5, 5.41) is 2.16. The lowest BCUT2D eigenvalue weighted by Crippen LogP contribution is -2.46. The number of carbonyl (C=O) groups excluding carboxylic acids is 1. The van der Waals surface area contributed by atoms with Crippen molar-refractivity contribution in [3.8, 4) is 0 Å². The van der Waals surface area contributed by atoms with Gasteiger partial charge < -0.3 is 9.30 Å². The van der Waals surface area contributed by atoms with Crippen molar-refractivity contribution in [2.75, 3.05) is 24.5 Å². The van der Waals surface area contributed by atoms with Crippen LogP contribution in [0, 0.1) is 6.92 Å². The largest absolute Gasteiger partial charge is 0.441 e. The second-order valence-electron chi connectivity index (χ2n) is 9.63. The molecular formula is C26H28ClN3O2. The van der Waals surface area contributed by atoms with E-state index in [1.165, 1.54) is 34.9 Å². The summed E-state index contributed by atoms with van der Waals surface area (Å²) >= 11 is 6.63. The molecule has 2 aliphatic heterocycles. The van der Waals surface area contributed by atoms with Crippen LogP contribution in [0.1, 0.15) is 42.9 Å². The van der Waals surface area contributed by atoms with E-state index < -0.39 is 0 Å². The molecule has 0 unspecified atom stereocenters. The Hall–Kier alpha value is -2.50. The van der Waals surface area contributed by atoms with Crippen molar-refractivity contribution in [1.29, 1.82) is 0 Å². The number of nitrogens with zero attached hydrogens (tertiary/aromatic N) is 3. The molecule has 3 aliphatic rings. The lowest BCUT2D eigenvalue weighted by Gasteiger charge is -2.37. The van der Waals surface area contributed by atoms with Gasteiger partial charge in [0.15, 0.2) is 0 Å². The van der Waals surface area contributed by atoms with E-state index in [0.29, 0.717) is 12.6 Å². The average molecular weight is 450 g/mol. The number of ether oxygens (including phenoxy) is 1. The number of benzene rings is 2. The molecule has 6 heteroatoms. The number of carbonyl (C=O) groups is 1. The van der Waals surface area contributed by atoms with E-state index >= 15 is 0 Å². The van der Waals surface area contributed by atoms with Crippen LogP contribution in [0.3, 0.4) is 0 Å². The second kappa shape index (κ2) is 7.53. The third-order valence-corrected chi connectivity index (χ3v) is 7.66. The van der Waals surface area contributed by atoms with Gasteiger partial charge in [0.2, 0.25) is 0 Å². The van der Waals surface area contributed by atoms with Crippen LogP contribution in [0.15, 0.2) is 48.7 Å². The molecule has 6 rings (SSSR count). The van der Waals surface area contributed by atoms with Crippen molar-refractivity contribution >= 4 is 34.3 Å². The monoisotopic (exact) mass is 449 g/mol. The molecule has 1 aromatic heterocycles. The summed E-state index contributed by atoms with van der Waals surface area (Å²) in [6, 6.07) is 14.6. The summed E-state index contributed by atoms with van der Waals surface area (Å²) in [7, 11) is 0. The van der Waals surface area contributed by atoms with Crippen LogP contribution in [-0.2, 0) is 11.3 Å². The molecule has 1 saturated carbocycles. The molecule has 3 aromatic rings. The molecule has 3 heterocycles. The number of halogens is 1. The highest BCUT2D eigenvalue weighted by molar-refractivity contribution is 6.35. The van der Waals surface area contributed by atoms with Crippen molar-refractivity contribution in [2.45, 2.75) is 50.8 Å². The molecular weight excluding hydrogens is 422 g/mol. The first-order valence-corrected chi connectivity index (χ1v) is 12.0. The predicted molar refractivity (Wildman–Crippen MR) is 127 cm³/mol. The number of hydrogen-bond donors (Lipinski definition) is 0. The number of piperidine rings is 1. The summed E-state index contributed by atoms with van der Waals surface area (Å²) in [5.74, 6) is 0. The highest BCUT2D eigenvalue weighted by Crippen LogP contribution is 2.42. The van der Waals surface area contributed by atoms with Crippen LogP contribution in [-0.4, -0.2) is 40.8 Å². The summed E-state index contributed by atoms with van der Waals surface area (Å²) in [5.41, 5.74) is 4.38. The second-order valence-corrected chi connectivity index (χ2v) is 10.0. The molecule has 5 nitrogen and oxygen atoms in total. The first-order valence-electron chi connectivity index (χ1n) is 11.6. The Morgan fingerprint density at radius 1 is 1.09 bits per heavy atom. The minimum Gasteiger partial charge on any atom is -0.441 e. The Morgan fingerprint density at radius 3 is 2.56 bits per heavy atom. The van der Waals surface area contributed by atoms with Crippen LogP contribution < -0.4 is 4.90 Å². The van der Waals surface area contributed by atoms with Gasteiger partial charge in [-0.2, -0.15) is 0 Å². The minimum atomic E-state index is -0.370. The first-order chi connectivity index (χ1) is 15.5. The van der Waals surface area contributed by atoms with Gasteiger partial charge in [0.25, 0.3) is 0 Å². The smallest absolute Gasteiger partial charge is 0.415 e. The van der Waals surface area contributed by atoms with E-state index in [4.69, 9.17) is 16.3 Å². The summed E-state index contributed by atoms with van der Waals surface area (Å²) in [4.78, 5) is 16.9. The number of anilines is 1. The fraction of sp³-hybridized carbons (Fsp3) is 0.423. The zero-order valence-electron chi connectivity index (χ0n) is 18.4. The highest BCUT2D eigenvalue weighted by atomic mass is 35.5. The third-order valence-electron chi connectivity index (χ3n) is 7.35. The number of para-hydroxylation sites is 1. The van der Waals surface area contributed by atoms with Crippen LogP contribution >= 0.6 is 11.6 Å². The predicted octanol–water partition coefficient (Wildman–Crippen LogP) is 5.93. The lowest BCUT2D eigenvalue weighted by atomic mass is 9.91. The van der Waals surface area contributed by atoms with Crippen molar-refractivity contribution in [1.82, 2.24) is 9.47 Å². The number of rotatable bonds is 4. The van der Waals surface area contributed by atoms with E-state index in [-0.39, 0.29) is 11.7 Å². The topological polar surface area (TPSA) is 37.7 Å². The number of aromatic nitrogens is 1. The lowest BCUT2D eigenvalue weighted by molar-refractivity contribution is -0.000891. The van der Waals surface area contributed by atoms with Crippen LogP contribution in [0.25, 0.3) is 10.9 Å². The van der Waals surface area contributed by atoms with E-state index in [1.54, 1.807) is 4.90 Å². The third kappa shape index (κ3) is 3.39. The summed E-state index contributed by atoms with van der Waals surface area (Å²) in [6.45, 7) is 5.57. The molecule has 1 spiro atoms. The molecule has 2 aromatic carbocycles. The van der Waals surface area contributed by atoms with Crippen molar-refractivity contribution in [3.63, 3.8) is 0 Å². The molecule has 0 atom stereocenters. The molecule has 1 aliphatic carbocycles. The quantitative estimate of drug-likeness (QED) is 0.495. The SMILES string of the molecule is Cc1ccc(Cl)c2c1c(CN1CCC3(CC1)CN(c1ccccc1)C(=O)O3)cn2C1CC1. The number of aryl methyl sites for hydroxylation is 1. The van der Waals surface area contributed by atoms with Gasteiger partial charge in [-0.1, -0.05) is 35.9 Å². The van der Waals surface area contributed by atoms with Crippen molar-refractivity contribution < 1.29 is 9.53 Å². The Kier molecular flexibility index (Phi) is 4.74. The van der Waals surface area contributed by atoms with Gasteiger partial charge >= 0.3 is 6.09 Å². The van der Waals surface area contributed by atoms with Crippen LogP contribution in [0.4, 0.5) is 10.5 Å². The van der Waals surface area contributed by atoms with Gasteiger partial charge in [-0.25, -0.2) is 4.79 Å². The molecule has 166 valence electrons.